The molecule has 0 aliphatic heterocycles. The van der Waals surface area contributed by atoms with Gasteiger partial charge >= 0.3 is 0 Å². The first-order chi connectivity index (χ1) is 10.4. The lowest BCUT2D eigenvalue weighted by atomic mass is 10.1. The Morgan fingerprint density at radius 3 is 2.81 bits per heavy atom. The number of rotatable bonds is 2. The van der Waals surface area contributed by atoms with E-state index in [9.17, 15) is 0 Å². The van der Waals surface area contributed by atoms with Crippen LogP contribution in [-0.4, -0.2) is 14.5 Å². The summed E-state index contributed by atoms with van der Waals surface area (Å²) in [6.07, 6.45) is 3.68. The smallest absolute Gasteiger partial charge is 0.129 e. The second-order valence-electron chi connectivity index (χ2n) is 4.86. The standard InChI is InChI=1S/C17H12ClN3/c18-10-17-20-14-5-1-2-6-16(14)21(17)15-7-3-4-12-11-19-9-8-13(12)15/h1-9,11H,10H2. The van der Waals surface area contributed by atoms with Crippen molar-refractivity contribution in [2.24, 2.45) is 0 Å². The minimum Gasteiger partial charge on any atom is -0.295 e. The van der Waals surface area contributed by atoms with E-state index in [0.29, 0.717) is 5.88 Å². The fraction of sp³-hybridized carbons (Fsp3) is 0.0588. The van der Waals surface area contributed by atoms with E-state index in [1.54, 1.807) is 0 Å². The summed E-state index contributed by atoms with van der Waals surface area (Å²) < 4.78 is 2.13. The number of imidazole rings is 1. The summed E-state index contributed by atoms with van der Waals surface area (Å²) in [7, 11) is 0. The third-order valence-corrected chi connectivity index (χ3v) is 3.89. The average Bonchev–Trinajstić information content (AvgIpc) is 2.92. The van der Waals surface area contributed by atoms with Crippen LogP contribution in [0.2, 0.25) is 0 Å². The van der Waals surface area contributed by atoms with Crippen molar-refractivity contribution in [2.75, 3.05) is 0 Å². The molecule has 0 unspecified atom stereocenters. The summed E-state index contributed by atoms with van der Waals surface area (Å²) in [4.78, 5) is 8.82. The van der Waals surface area contributed by atoms with Crippen molar-refractivity contribution in [3.63, 3.8) is 0 Å². The van der Waals surface area contributed by atoms with Gasteiger partial charge in [-0.15, -0.1) is 11.6 Å². The Morgan fingerprint density at radius 1 is 1.00 bits per heavy atom. The van der Waals surface area contributed by atoms with E-state index in [1.807, 2.05) is 42.7 Å². The predicted octanol–water partition coefficient (Wildman–Crippen LogP) is 4.31. The minimum absolute atomic E-state index is 0.371. The zero-order valence-corrected chi connectivity index (χ0v) is 12.0. The molecule has 0 fully saturated rings. The van der Waals surface area contributed by atoms with Crippen molar-refractivity contribution in [3.05, 3.63) is 66.7 Å². The molecule has 0 amide bonds. The third kappa shape index (κ3) is 1.89. The van der Waals surface area contributed by atoms with Crippen LogP contribution in [0.5, 0.6) is 0 Å². The molecule has 4 heteroatoms. The molecule has 4 aromatic rings. The van der Waals surface area contributed by atoms with Crippen LogP contribution in [0.25, 0.3) is 27.5 Å². The Labute approximate surface area is 126 Å². The second-order valence-corrected chi connectivity index (χ2v) is 5.13. The molecule has 0 aliphatic carbocycles. The van der Waals surface area contributed by atoms with Crippen LogP contribution in [0.4, 0.5) is 0 Å². The maximum absolute atomic E-state index is 6.11. The van der Waals surface area contributed by atoms with Gasteiger partial charge in [0.2, 0.25) is 0 Å². The number of para-hydroxylation sites is 2. The number of halogens is 1. The Morgan fingerprint density at radius 2 is 1.90 bits per heavy atom. The monoisotopic (exact) mass is 293 g/mol. The molecule has 0 radical (unpaired) electrons. The summed E-state index contributed by atoms with van der Waals surface area (Å²) in [6.45, 7) is 0. The number of nitrogens with zero attached hydrogens (tertiary/aromatic N) is 3. The molecule has 0 spiro atoms. The molecule has 0 atom stereocenters. The highest BCUT2D eigenvalue weighted by Gasteiger charge is 2.13. The quantitative estimate of drug-likeness (QED) is 0.516. The molecule has 0 aliphatic rings. The number of fused-ring (bicyclic) bond motifs is 2. The lowest BCUT2D eigenvalue weighted by Crippen LogP contribution is -2.00. The van der Waals surface area contributed by atoms with Gasteiger partial charge in [0, 0.05) is 23.2 Å². The van der Waals surface area contributed by atoms with E-state index in [-0.39, 0.29) is 0 Å². The number of aromatic nitrogens is 3. The van der Waals surface area contributed by atoms with Gasteiger partial charge in [0.05, 0.1) is 22.6 Å². The molecule has 0 N–H and O–H groups in total. The van der Waals surface area contributed by atoms with Crippen LogP contribution < -0.4 is 0 Å². The molecule has 2 heterocycles. The Bertz CT molecular complexity index is 938. The normalized spacial score (nSPS) is 11.3. The van der Waals surface area contributed by atoms with Gasteiger partial charge < -0.3 is 0 Å². The summed E-state index contributed by atoms with van der Waals surface area (Å²) in [5.41, 5.74) is 3.11. The molecule has 0 saturated heterocycles. The second kappa shape index (κ2) is 4.86. The average molecular weight is 294 g/mol. The highest BCUT2D eigenvalue weighted by molar-refractivity contribution is 6.17. The van der Waals surface area contributed by atoms with Gasteiger partial charge in [0.25, 0.3) is 0 Å². The molecule has 0 saturated carbocycles. The Kier molecular flexibility index (Phi) is 2.86. The fourth-order valence-corrected chi connectivity index (χ4v) is 2.91. The van der Waals surface area contributed by atoms with Gasteiger partial charge in [-0.05, 0) is 24.3 Å². The number of hydrogen-bond acceptors (Lipinski definition) is 2. The molecular formula is C17H12ClN3. The van der Waals surface area contributed by atoms with E-state index in [0.717, 1.165) is 33.3 Å². The van der Waals surface area contributed by atoms with Crippen LogP contribution in [0.3, 0.4) is 0 Å². The van der Waals surface area contributed by atoms with Gasteiger partial charge in [0.15, 0.2) is 0 Å². The Hall–Kier alpha value is -2.39. The first-order valence-electron chi connectivity index (χ1n) is 6.74. The third-order valence-electron chi connectivity index (χ3n) is 3.65. The van der Waals surface area contributed by atoms with Crippen molar-refractivity contribution in [1.82, 2.24) is 14.5 Å². The summed E-state index contributed by atoms with van der Waals surface area (Å²) in [5, 5.41) is 2.25. The van der Waals surface area contributed by atoms with Crippen molar-refractivity contribution in [1.29, 1.82) is 0 Å². The van der Waals surface area contributed by atoms with Gasteiger partial charge in [-0.1, -0.05) is 24.3 Å². The lowest BCUT2D eigenvalue weighted by Gasteiger charge is -2.11. The zero-order valence-electron chi connectivity index (χ0n) is 11.2. The molecule has 4 rings (SSSR count). The topological polar surface area (TPSA) is 30.7 Å². The van der Waals surface area contributed by atoms with Gasteiger partial charge in [-0.2, -0.15) is 0 Å². The van der Waals surface area contributed by atoms with Crippen molar-refractivity contribution < 1.29 is 0 Å². The van der Waals surface area contributed by atoms with Gasteiger partial charge in [-0.3, -0.25) is 9.55 Å². The van der Waals surface area contributed by atoms with Crippen LogP contribution in [-0.2, 0) is 5.88 Å². The predicted molar refractivity (Wildman–Crippen MR) is 85.9 cm³/mol. The first kappa shape index (κ1) is 12.4. The molecule has 2 aromatic heterocycles. The molecule has 0 bridgehead atoms. The molecule has 2 aromatic carbocycles. The van der Waals surface area contributed by atoms with E-state index in [1.165, 1.54) is 0 Å². The van der Waals surface area contributed by atoms with Crippen molar-refractivity contribution >= 4 is 33.4 Å². The van der Waals surface area contributed by atoms with E-state index >= 15 is 0 Å². The van der Waals surface area contributed by atoms with E-state index < -0.39 is 0 Å². The molecular weight excluding hydrogens is 282 g/mol. The minimum atomic E-state index is 0.371. The van der Waals surface area contributed by atoms with Crippen molar-refractivity contribution in [3.8, 4) is 5.69 Å². The summed E-state index contributed by atoms with van der Waals surface area (Å²) >= 11 is 6.11. The summed E-state index contributed by atoms with van der Waals surface area (Å²) in [5.74, 6) is 1.22. The molecule has 102 valence electrons. The number of benzene rings is 2. The highest BCUT2D eigenvalue weighted by atomic mass is 35.5. The van der Waals surface area contributed by atoms with Crippen LogP contribution in [0, 0.1) is 0 Å². The molecule has 21 heavy (non-hydrogen) atoms. The number of alkyl halides is 1. The zero-order chi connectivity index (χ0) is 14.2. The van der Waals surface area contributed by atoms with Crippen LogP contribution >= 0.6 is 11.6 Å². The number of pyridine rings is 1. The first-order valence-corrected chi connectivity index (χ1v) is 7.27. The van der Waals surface area contributed by atoms with Crippen molar-refractivity contribution in [2.45, 2.75) is 5.88 Å². The Balaban J connectivity index is 2.13. The maximum atomic E-state index is 6.11. The fourth-order valence-electron chi connectivity index (χ4n) is 2.73. The number of hydrogen-bond donors (Lipinski definition) is 0. The maximum Gasteiger partial charge on any atom is 0.129 e. The van der Waals surface area contributed by atoms with Crippen LogP contribution in [0.15, 0.2) is 60.9 Å². The highest BCUT2D eigenvalue weighted by Crippen LogP contribution is 2.27. The summed E-state index contributed by atoms with van der Waals surface area (Å²) in [6, 6.07) is 16.3. The SMILES string of the molecule is ClCc1nc2ccccc2n1-c1cccc2cnccc12. The van der Waals surface area contributed by atoms with E-state index in [4.69, 9.17) is 11.6 Å². The lowest BCUT2D eigenvalue weighted by molar-refractivity contribution is 0.989. The van der Waals surface area contributed by atoms with Gasteiger partial charge in [-0.25, -0.2) is 4.98 Å². The van der Waals surface area contributed by atoms with Gasteiger partial charge in [0.1, 0.15) is 5.82 Å². The van der Waals surface area contributed by atoms with E-state index in [2.05, 4.69) is 32.7 Å². The molecule has 3 nitrogen and oxygen atoms in total. The van der Waals surface area contributed by atoms with Crippen LogP contribution in [0.1, 0.15) is 5.82 Å². The largest absolute Gasteiger partial charge is 0.295 e.